The van der Waals surface area contributed by atoms with Crippen molar-refractivity contribution in [2.75, 3.05) is 14.1 Å². The van der Waals surface area contributed by atoms with Gasteiger partial charge in [-0.2, -0.15) is 0 Å². The first-order chi connectivity index (χ1) is 9.56. The molecule has 0 aromatic carbocycles. The molecule has 6 nitrogen and oxygen atoms in total. The zero-order valence-corrected chi connectivity index (χ0v) is 11.9. The molecule has 0 fully saturated rings. The minimum atomic E-state index is -0.326. The van der Waals surface area contributed by atoms with Crippen LogP contribution < -0.4 is 5.43 Å². The molecule has 2 aromatic heterocycles. The number of aryl methyl sites for hydroxylation is 2. The first-order valence-electron chi connectivity index (χ1n) is 6.59. The molecule has 0 amide bonds. The van der Waals surface area contributed by atoms with Crippen LogP contribution in [0.25, 0.3) is 0 Å². The third kappa shape index (κ3) is 3.71. The predicted octanol–water partition coefficient (Wildman–Crippen LogP) is 0.902. The molecular formula is C14H20N4O2. The standard InChI is InChI=1S/C14H20N4O2/c1-16(2)9-12-8-13(19)14(20)10-18(12)6-3-5-17-7-4-15-11-17/h4,7-8,10-11,20H,3,5-6,9H2,1-2H3. The fourth-order valence-electron chi connectivity index (χ4n) is 2.11. The molecule has 2 aromatic rings. The van der Waals surface area contributed by atoms with E-state index in [1.54, 1.807) is 12.5 Å². The zero-order chi connectivity index (χ0) is 14.5. The molecule has 0 saturated heterocycles. The van der Waals surface area contributed by atoms with Crippen molar-refractivity contribution in [3.05, 3.63) is 46.9 Å². The second-order valence-electron chi connectivity index (χ2n) is 5.10. The summed E-state index contributed by atoms with van der Waals surface area (Å²) in [7, 11) is 3.90. The molecule has 108 valence electrons. The average Bonchev–Trinajstić information content (AvgIpc) is 2.87. The van der Waals surface area contributed by atoms with Gasteiger partial charge < -0.3 is 19.1 Å². The van der Waals surface area contributed by atoms with E-state index < -0.39 is 0 Å². The van der Waals surface area contributed by atoms with Gasteiger partial charge in [0.25, 0.3) is 0 Å². The Kier molecular flexibility index (Phi) is 4.57. The van der Waals surface area contributed by atoms with E-state index in [1.165, 1.54) is 12.3 Å². The summed E-state index contributed by atoms with van der Waals surface area (Å²) in [6.45, 7) is 2.27. The summed E-state index contributed by atoms with van der Waals surface area (Å²) >= 11 is 0. The number of hydrogen-bond donors (Lipinski definition) is 1. The largest absolute Gasteiger partial charge is 0.503 e. The van der Waals surface area contributed by atoms with Gasteiger partial charge >= 0.3 is 0 Å². The quantitative estimate of drug-likeness (QED) is 0.851. The maximum atomic E-state index is 11.5. The highest BCUT2D eigenvalue weighted by Gasteiger charge is 2.06. The Hall–Kier alpha value is -2.08. The topological polar surface area (TPSA) is 63.3 Å². The van der Waals surface area contributed by atoms with Gasteiger partial charge in [-0.25, -0.2) is 4.98 Å². The predicted molar refractivity (Wildman–Crippen MR) is 76.6 cm³/mol. The van der Waals surface area contributed by atoms with Gasteiger partial charge in [-0.15, -0.1) is 0 Å². The number of aromatic nitrogens is 3. The van der Waals surface area contributed by atoms with E-state index in [-0.39, 0.29) is 11.2 Å². The summed E-state index contributed by atoms with van der Waals surface area (Å²) in [5, 5.41) is 9.58. The van der Waals surface area contributed by atoms with Crippen LogP contribution in [0.15, 0.2) is 35.8 Å². The molecular weight excluding hydrogens is 256 g/mol. The molecule has 0 spiro atoms. The Labute approximate surface area is 117 Å². The van der Waals surface area contributed by atoms with Crippen LogP contribution in [0, 0.1) is 0 Å². The Balaban J connectivity index is 2.08. The molecule has 0 unspecified atom stereocenters. The lowest BCUT2D eigenvalue weighted by Gasteiger charge is -2.17. The molecule has 2 heterocycles. The van der Waals surface area contributed by atoms with Crippen LogP contribution in [0.3, 0.4) is 0 Å². The van der Waals surface area contributed by atoms with E-state index in [4.69, 9.17) is 0 Å². The van der Waals surface area contributed by atoms with Crippen LogP contribution in [0.4, 0.5) is 0 Å². The third-order valence-electron chi connectivity index (χ3n) is 3.05. The second kappa shape index (κ2) is 6.38. The van der Waals surface area contributed by atoms with Crippen molar-refractivity contribution in [1.82, 2.24) is 19.0 Å². The minimum absolute atomic E-state index is 0.199. The van der Waals surface area contributed by atoms with Gasteiger partial charge in [-0.05, 0) is 20.5 Å². The number of imidazole rings is 1. The Morgan fingerprint density at radius 1 is 1.35 bits per heavy atom. The number of nitrogens with zero attached hydrogens (tertiary/aromatic N) is 4. The number of pyridine rings is 1. The van der Waals surface area contributed by atoms with Crippen molar-refractivity contribution < 1.29 is 5.11 Å². The lowest BCUT2D eigenvalue weighted by molar-refractivity contribution is 0.378. The van der Waals surface area contributed by atoms with Crippen molar-refractivity contribution in [3.8, 4) is 5.75 Å². The van der Waals surface area contributed by atoms with E-state index in [0.29, 0.717) is 6.54 Å². The van der Waals surface area contributed by atoms with Gasteiger partial charge in [0.2, 0.25) is 5.43 Å². The SMILES string of the molecule is CN(C)Cc1cc(=O)c(O)cn1CCCn1ccnc1. The van der Waals surface area contributed by atoms with Gasteiger partial charge in [0.05, 0.1) is 12.5 Å². The maximum Gasteiger partial charge on any atom is 0.223 e. The summed E-state index contributed by atoms with van der Waals surface area (Å²) < 4.78 is 3.95. The monoisotopic (exact) mass is 276 g/mol. The maximum absolute atomic E-state index is 11.5. The molecule has 0 radical (unpaired) electrons. The van der Waals surface area contributed by atoms with Gasteiger partial charge in [-0.1, -0.05) is 0 Å². The smallest absolute Gasteiger partial charge is 0.223 e. The van der Waals surface area contributed by atoms with Crippen LogP contribution in [-0.4, -0.2) is 38.2 Å². The normalized spacial score (nSPS) is 11.2. The summed E-state index contributed by atoms with van der Waals surface area (Å²) in [5.41, 5.74) is 0.580. The summed E-state index contributed by atoms with van der Waals surface area (Å²) in [4.78, 5) is 17.5. The first-order valence-corrected chi connectivity index (χ1v) is 6.59. The van der Waals surface area contributed by atoms with E-state index in [0.717, 1.165) is 25.2 Å². The van der Waals surface area contributed by atoms with Crippen LogP contribution in [0.2, 0.25) is 0 Å². The molecule has 1 N–H and O–H groups in total. The zero-order valence-electron chi connectivity index (χ0n) is 11.9. The van der Waals surface area contributed by atoms with Crippen molar-refractivity contribution >= 4 is 0 Å². The van der Waals surface area contributed by atoms with E-state index in [2.05, 4.69) is 4.98 Å². The molecule has 0 saturated carbocycles. The third-order valence-corrected chi connectivity index (χ3v) is 3.05. The summed E-state index contributed by atoms with van der Waals surface area (Å²) in [6, 6.07) is 1.51. The van der Waals surface area contributed by atoms with Gasteiger partial charge in [-0.3, -0.25) is 4.79 Å². The van der Waals surface area contributed by atoms with Gasteiger partial charge in [0, 0.05) is 43.8 Å². The number of rotatable bonds is 6. The van der Waals surface area contributed by atoms with Crippen molar-refractivity contribution in [3.63, 3.8) is 0 Å². The fourth-order valence-corrected chi connectivity index (χ4v) is 2.11. The van der Waals surface area contributed by atoms with Crippen molar-refractivity contribution in [2.45, 2.75) is 26.1 Å². The average molecular weight is 276 g/mol. The summed E-state index contributed by atoms with van der Waals surface area (Å²) in [5.74, 6) is -0.199. The molecule has 0 atom stereocenters. The molecule has 2 rings (SSSR count). The van der Waals surface area contributed by atoms with E-state index in [1.807, 2.05) is 34.3 Å². The highest BCUT2D eigenvalue weighted by atomic mass is 16.3. The molecule has 0 aliphatic heterocycles. The minimum Gasteiger partial charge on any atom is -0.503 e. The molecule has 20 heavy (non-hydrogen) atoms. The molecule has 0 bridgehead atoms. The van der Waals surface area contributed by atoms with Gasteiger partial charge in [0.15, 0.2) is 5.75 Å². The van der Waals surface area contributed by atoms with E-state index in [9.17, 15) is 9.90 Å². The van der Waals surface area contributed by atoms with E-state index >= 15 is 0 Å². The number of hydrogen-bond acceptors (Lipinski definition) is 4. The van der Waals surface area contributed by atoms with Crippen molar-refractivity contribution in [1.29, 1.82) is 0 Å². The van der Waals surface area contributed by atoms with Crippen LogP contribution >= 0.6 is 0 Å². The molecule has 0 aliphatic rings. The second-order valence-corrected chi connectivity index (χ2v) is 5.10. The number of aromatic hydroxyl groups is 1. The highest BCUT2D eigenvalue weighted by molar-refractivity contribution is 5.20. The van der Waals surface area contributed by atoms with Crippen molar-refractivity contribution in [2.24, 2.45) is 0 Å². The fraction of sp³-hybridized carbons (Fsp3) is 0.429. The van der Waals surface area contributed by atoms with Crippen LogP contribution in [-0.2, 0) is 19.6 Å². The Morgan fingerprint density at radius 3 is 2.80 bits per heavy atom. The first kappa shape index (κ1) is 14.3. The Bertz CT molecular complexity index is 602. The lowest BCUT2D eigenvalue weighted by Crippen LogP contribution is -2.19. The lowest BCUT2D eigenvalue weighted by atomic mass is 10.3. The molecule has 6 heteroatoms. The highest BCUT2D eigenvalue weighted by Crippen LogP contribution is 2.08. The Morgan fingerprint density at radius 2 is 2.15 bits per heavy atom. The van der Waals surface area contributed by atoms with Crippen LogP contribution in [0.5, 0.6) is 5.75 Å². The molecule has 0 aliphatic carbocycles. The summed E-state index contributed by atoms with van der Waals surface area (Å²) in [6.07, 6.45) is 7.88. The van der Waals surface area contributed by atoms with Gasteiger partial charge in [0.1, 0.15) is 0 Å². The van der Waals surface area contributed by atoms with Crippen LogP contribution in [0.1, 0.15) is 12.1 Å².